The highest BCUT2D eigenvalue weighted by Crippen LogP contribution is 2.19. The Kier molecular flexibility index (Phi) is 4.11. The molecule has 0 aliphatic rings. The highest BCUT2D eigenvalue weighted by molar-refractivity contribution is 7.91. The van der Waals surface area contributed by atoms with Crippen molar-refractivity contribution in [2.45, 2.75) is 24.7 Å². The molecule has 0 aliphatic heterocycles. The number of hydrogen-bond acceptors (Lipinski definition) is 4. The maximum absolute atomic E-state index is 11.8. The Morgan fingerprint density at radius 1 is 1.41 bits per heavy atom. The van der Waals surface area contributed by atoms with Crippen molar-refractivity contribution in [3.8, 4) is 0 Å². The number of unbranched alkanes of at least 4 members (excludes halogenated alkanes) is 1. The average molecular weight is 257 g/mol. The summed E-state index contributed by atoms with van der Waals surface area (Å²) in [6.07, 6.45) is 1.35. The van der Waals surface area contributed by atoms with Gasteiger partial charge in [-0.3, -0.25) is 0 Å². The van der Waals surface area contributed by atoms with Crippen LogP contribution in [0.15, 0.2) is 23.1 Å². The van der Waals surface area contributed by atoms with Crippen LogP contribution in [-0.2, 0) is 9.84 Å². The fourth-order valence-corrected chi connectivity index (χ4v) is 2.87. The van der Waals surface area contributed by atoms with Gasteiger partial charge < -0.3 is 10.8 Å². The van der Waals surface area contributed by atoms with Crippen molar-refractivity contribution >= 4 is 21.5 Å². The van der Waals surface area contributed by atoms with Crippen LogP contribution in [0.4, 0.5) is 5.69 Å². The fraction of sp³-hybridized carbons (Fsp3) is 0.364. The first kappa shape index (κ1) is 13.5. The van der Waals surface area contributed by atoms with Crippen LogP contribution >= 0.6 is 0 Å². The van der Waals surface area contributed by atoms with Crippen molar-refractivity contribution in [2.24, 2.45) is 0 Å². The number of nitrogen functional groups attached to an aromatic ring is 1. The predicted molar refractivity (Wildman–Crippen MR) is 64.8 cm³/mol. The number of rotatable bonds is 5. The largest absolute Gasteiger partial charge is 0.478 e. The van der Waals surface area contributed by atoms with Crippen LogP contribution in [0, 0.1) is 0 Å². The van der Waals surface area contributed by atoms with E-state index in [0.717, 1.165) is 6.42 Å². The summed E-state index contributed by atoms with van der Waals surface area (Å²) in [5.74, 6) is -1.12. The molecule has 0 fully saturated rings. The van der Waals surface area contributed by atoms with Gasteiger partial charge in [0, 0.05) is 5.69 Å². The number of sulfone groups is 1. The van der Waals surface area contributed by atoms with Crippen molar-refractivity contribution in [1.29, 1.82) is 0 Å². The number of carboxylic acids is 1. The highest BCUT2D eigenvalue weighted by Gasteiger charge is 2.16. The summed E-state index contributed by atoms with van der Waals surface area (Å²) >= 11 is 0. The minimum absolute atomic E-state index is 0.0323. The second-order valence-corrected chi connectivity index (χ2v) is 5.84. The lowest BCUT2D eigenvalue weighted by Crippen LogP contribution is -2.09. The van der Waals surface area contributed by atoms with E-state index in [4.69, 9.17) is 10.8 Å². The number of anilines is 1. The van der Waals surface area contributed by atoms with Crippen LogP contribution < -0.4 is 5.73 Å². The Balaban J connectivity index is 3.09. The molecule has 6 heteroatoms. The van der Waals surface area contributed by atoms with Crippen LogP contribution in [0.25, 0.3) is 0 Å². The summed E-state index contributed by atoms with van der Waals surface area (Å²) in [6.45, 7) is 1.90. The van der Waals surface area contributed by atoms with Crippen LogP contribution in [0.5, 0.6) is 0 Å². The molecule has 0 unspecified atom stereocenters. The summed E-state index contributed by atoms with van der Waals surface area (Å²) in [4.78, 5) is 10.8. The van der Waals surface area contributed by atoms with E-state index in [9.17, 15) is 13.2 Å². The lowest BCUT2D eigenvalue weighted by atomic mass is 10.2. The van der Waals surface area contributed by atoms with Crippen LogP contribution in [-0.4, -0.2) is 25.2 Å². The van der Waals surface area contributed by atoms with E-state index in [0.29, 0.717) is 6.42 Å². The molecule has 1 aromatic carbocycles. The molecule has 0 aliphatic carbocycles. The van der Waals surface area contributed by atoms with Gasteiger partial charge in [0.05, 0.1) is 16.2 Å². The molecule has 1 aromatic rings. The third kappa shape index (κ3) is 3.20. The van der Waals surface area contributed by atoms with E-state index in [2.05, 4.69) is 0 Å². The van der Waals surface area contributed by atoms with Gasteiger partial charge in [-0.25, -0.2) is 13.2 Å². The van der Waals surface area contributed by atoms with E-state index in [1.165, 1.54) is 18.2 Å². The van der Waals surface area contributed by atoms with Gasteiger partial charge in [-0.15, -0.1) is 0 Å². The van der Waals surface area contributed by atoms with E-state index in [1.54, 1.807) is 0 Å². The molecular formula is C11H15NO4S. The number of carboxylic acid groups (broad SMARTS) is 1. The Hall–Kier alpha value is -1.56. The summed E-state index contributed by atoms with van der Waals surface area (Å²) < 4.78 is 23.6. The van der Waals surface area contributed by atoms with Crippen molar-refractivity contribution in [3.05, 3.63) is 23.8 Å². The Labute approximate surface area is 100 Å². The fourth-order valence-electron chi connectivity index (χ4n) is 1.38. The van der Waals surface area contributed by atoms with Crippen LogP contribution in [0.2, 0.25) is 0 Å². The van der Waals surface area contributed by atoms with E-state index in [1.807, 2.05) is 6.92 Å². The number of hydrogen-bond donors (Lipinski definition) is 2. The maximum atomic E-state index is 11.8. The number of aromatic carboxylic acids is 1. The van der Waals surface area contributed by atoms with Crippen LogP contribution in [0.1, 0.15) is 30.1 Å². The van der Waals surface area contributed by atoms with Crippen molar-refractivity contribution in [3.63, 3.8) is 0 Å². The van der Waals surface area contributed by atoms with Gasteiger partial charge in [0.15, 0.2) is 9.84 Å². The quantitative estimate of drug-likeness (QED) is 0.780. The standard InChI is InChI=1S/C11H15NO4S/c1-2-3-6-17(15,16)8-4-5-9(11(13)14)10(12)7-8/h4-5,7H,2-3,6,12H2,1H3,(H,13,14). The first-order valence-electron chi connectivity index (χ1n) is 5.24. The molecule has 0 aromatic heterocycles. The minimum atomic E-state index is -3.36. The third-order valence-corrected chi connectivity index (χ3v) is 4.18. The lowest BCUT2D eigenvalue weighted by Gasteiger charge is -2.06. The molecule has 0 heterocycles. The van der Waals surface area contributed by atoms with Crippen molar-refractivity contribution < 1.29 is 18.3 Å². The number of nitrogens with two attached hydrogens (primary N) is 1. The van der Waals surface area contributed by atoms with Crippen molar-refractivity contribution in [2.75, 3.05) is 11.5 Å². The highest BCUT2D eigenvalue weighted by atomic mass is 32.2. The van der Waals surface area contributed by atoms with E-state index < -0.39 is 15.8 Å². The number of carbonyl (C=O) groups is 1. The summed E-state index contributed by atoms with van der Waals surface area (Å²) in [5, 5.41) is 8.77. The molecule has 0 amide bonds. The molecule has 17 heavy (non-hydrogen) atoms. The Morgan fingerprint density at radius 2 is 2.06 bits per heavy atom. The molecule has 0 bridgehead atoms. The Bertz CT molecular complexity index is 522. The van der Waals surface area contributed by atoms with Crippen LogP contribution in [0.3, 0.4) is 0 Å². The predicted octanol–water partition coefficient (Wildman–Crippen LogP) is 1.54. The zero-order chi connectivity index (χ0) is 13.1. The van der Waals surface area contributed by atoms with E-state index in [-0.39, 0.29) is 21.9 Å². The zero-order valence-electron chi connectivity index (χ0n) is 9.51. The summed E-state index contributed by atoms with van der Waals surface area (Å²) in [5.41, 5.74) is 5.39. The SMILES string of the molecule is CCCCS(=O)(=O)c1ccc(C(=O)O)c(N)c1. The zero-order valence-corrected chi connectivity index (χ0v) is 10.3. The van der Waals surface area contributed by atoms with Crippen molar-refractivity contribution in [1.82, 2.24) is 0 Å². The molecule has 0 saturated heterocycles. The second-order valence-electron chi connectivity index (χ2n) is 3.73. The van der Waals surface area contributed by atoms with Gasteiger partial charge >= 0.3 is 5.97 Å². The smallest absolute Gasteiger partial charge is 0.337 e. The molecule has 5 nitrogen and oxygen atoms in total. The molecule has 0 radical (unpaired) electrons. The molecule has 0 atom stereocenters. The molecule has 0 spiro atoms. The van der Waals surface area contributed by atoms with Gasteiger partial charge in [-0.1, -0.05) is 13.3 Å². The van der Waals surface area contributed by atoms with Gasteiger partial charge in [0.1, 0.15) is 0 Å². The topological polar surface area (TPSA) is 97.5 Å². The molecular weight excluding hydrogens is 242 g/mol. The first-order valence-corrected chi connectivity index (χ1v) is 6.89. The van der Waals surface area contributed by atoms with Gasteiger partial charge in [0.25, 0.3) is 0 Å². The second kappa shape index (κ2) is 5.18. The first-order chi connectivity index (χ1) is 7.88. The molecule has 3 N–H and O–H groups in total. The Morgan fingerprint density at radius 3 is 2.53 bits per heavy atom. The average Bonchev–Trinajstić information content (AvgIpc) is 2.25. The van der Waals surface area contributed by atoms with Gasteiger partial charge in [-0.2, -0.15) is 0 Å². The monoisotopic (exact) mass is 257 g/mol. The van der Waals surface area contributed by atoms with Gasteiger partial charge in [-0.05, 0) is 24.6 Å². The minimum Gasteiger partial charge on any atom is -0.478 e. The van der Waals surface area contributed by atoms with Gasteiger partial charge in [0.2, 0.25) is 0 Å². The summed E-state index contributed by atoms with van der Waals surface area (Å²) in [7, 11) is -3.36. The lowest BCUT2D eigenvalue weighted by molar-refractivity contribution is 0.0698. The van der Waals surface area contributed by atoms with E-state index >= 15 is 0 Å². The summed E-state index contributed by atoms with van der Waals surface area (Å²) in [6, 6.07) is 3.70. The molecule has 1 rings (SSSR count). The molecule has 94 valence electrons. The maximum Gasteiger partial charge on any atom is 0.337 e. The third-order valence-electron chi connectivity index (χ3n) is 2.38. The normalized spacial score (nSPS) is 11.4. The molecule has 0 saturated carbocycles. The number of benzene rings is 1.